The van der Waals surface area contributed by atoms with Gasteiger partial charge in [0.15, 0.2) is 5.78 Å². The van der Waals surface area contributed by atoms with E-state index in [1.54, 1.807) is 6.92 Å². The van der Waals surface area contributed by atoms with Crippen LogP contribution in [0.5, 0.6) is 0 Å². The molecule has 5 nitrogen and oxygen atoms in total. The molecule has 0 saturated heterocycles. The number of aromatic nitrogens is 1. The number of hydrogen-bond donors (Lipinski definition) is 0. The van der Waals surface area contributed by atoms with Crippen molar-refractivity contribution in [1.29, 1.82) is 0 Å². The average molecular weight is 398 g/mol. The van der Waals surface area contributed by atoms with Crippen LogP contribution < -0.4 is 0 Å². The Morgan fingerprint density at radius 1 is 0.867 bits per heavy atom. The highest BCUT2D eigenvalue weighted by Crippen LogP contribution is 2.30. The maximum atomic E-state index is 13.1. The van der Waals surface area contributed by atoms with E-state index in [-0.39, 0.29) is 5.78 Å². The predicted molar refractivity (Wildman–Crippen MR) is 119 cm³/mol. The van der Waals surface area contributed by atoms with Crippen LogP contribution in [0.2, 0.25) is 0 Å². The molecule has 0 bridgehead atoms. The second kappa shape index (κ2) is 7.59. The second-order valence-corrected chi connectivity index (χ2v) is 7.43. The van der Waals surface area contributed by atoms with Gasteiger partial charge in [-0.05, 0) is 55.3 Å². The Balaban J connectivity index is 1.86. The summed E-state index contributed by atoms with van der Waals surface area (Å²) in [7, 11) is 2.01. The summed E-state index contributed by atoms with van der Waals surface area (Å²) in [6.07, 6.45) is 0. The summed E-state index contributed by atoms with van der Waals surface area (Å²) in [6, 6.07) is 19.4. The minimum atomic E-state index is -0.458. The van der Waals surface area contributed by atoms with Crippen molar-refractivity contribution in [2.45, 2.75) is 20.8 Å². The van der Waals surface area contributed by atoms with E-state index in [1.165, 1.54) is 6.92 Å². The Bertz CT molecular complexity index is 1350. The molecule has 0 saturated carbocycles. The number of carbonyl (C=O) groups excluding carboxylic acids is 2. The first kappa shape index (κ1) is 19.6. The number of ketones is 1. The zero-order valence-corrected chi connectivity index (χ0v) is 17.4. The van der Waals surface area contributed by atoms with Crippen LogP contribution in [0, 0.1) is 6.92 Å². The van der Waals surface area contributed by atoms with E-state index in [4.69, 9.17) is 4.84 Å². The number of oxime groups is 1. The average Bonchev–Trinajstić information content (AvgIpc) is 3.03. The van der Waals surface area contributed by atoms with Crippen molar-refractivity contribution in [3.05, 3.63) is 82.9 Å². The van der Waals surface area contributed by atoms with Crippen molar-refractivity contribution in [3.63, 3.8) is 0 Å². The largest absolute Gasteiger partial charge is 0.344 e. The lowest BCUT2D eigenvalue weighted by Gasteiger charge is -2.05. The summed E-state index contributed by atoms with van der Waals surface area (Å²) in [6.45, 7) is 5.06. The zero-order chi connectivity index (χ0) is 21.4. The normalized spacial score (nSPS) is 11.8. The molecule has 30 heavy (non-hydrogen) atoms. The van der Waals surface area contributed by atoms with Gasteiger partial charge in [-0.2, -0.15) is 0 Å². The standard InChI is InChI=1S/C25H22N2O3/c1-15-7-5-6-8-20(15)25(29)19-10-12-24-22(14-19)21-13-18(9-11-23(21)27(24)4)16(2)26-30-17(3)28/h5-14H,1-4H3. The van der Waals surface area contributed by atoms with E-state index >= 15 is 0 Å². The molecule has 0 unspecified atom stereocenters. The molecule has 0 N–H and O–H groups in total. The molecule has 0 radical (unpaired) electrons. The quantitative estimate of drug-likeness (QED) is 0.206. The van der Waals surface area contributed by atoms with Crippen LogP contribution in [0.25, 0.3) is 21.8 Å². The summed E-state index contributed by atoms with van der Waals surface area (Å²) in [4.78, 5) is 28.9. The maximum Gasteiger partial charge on any atom is 0.331 e. The van der Waals surface area contributed by atoms with Crippen molar-refractivity contribution in [2.75, 3.05) is 0 Å². The Morgan fingerprint density at radius 2 is 1.47 bits per heavy atom. The maximum absolute atomic E-state index is 13.1. The lowest BCUT2D eigenvalue weighted by atomic mass is 9.97. The van der Waals surface area contributed by atoms with Gasteiger partial charge in [0.25, 0.3) is 0 Å². The molecule has 1 heterocycles. The molecular weight excluding hydrogens is 376 g/mol. The Morgan fingerprint density at radius 3 is 2.10 bits per heavy atom. The second-order valence-electron chi connectivity index (χ2n) is 7.43. The van der Waals surface area contributed by atoms with E-state index < -0.39 is 5.97 Å². The fraction of sp³-hybridized carbons (Fsp3) is 0.160. The van der Waals surface area contributed by atoms with Crippen LogP contribution in [-0.2, 0) is 16.7 Å². The first-order valence-corrected chi connectivity index (χ1v) is 9.72. The Labute approximate surface area is 174 Å². The van der Waals surface area contributed by atoms with Gasteiger partial charge < -0.3 is 9.40 Å². The van der Waals surface area contributed by atoms with Crippen LogP contribution >= 0.6 is 0 Å². The van der Waals surface area contributed by atoms with Gasteiger partial charge in [-0.3, -0.25) is 4.79 Å². The fourth-order valence-corrected chi connectivity index (χ4v) is 3.75. The topological polar surface area (TPSA) is 60.7 Å². The van der Waals surface area contributed by atoms with Gasteiger partial charge in [0, 0.05) is 46.9 Å². The molecule has 0 aliphatic carbocycles. The Kier molecular flexibility index (Phi) is 4.96. The molecule has 5 heteroatoms. The summed E-state index contributed by atoms with van der Waals surface area (Å²) in [5, 5.41) is 5.90. The summed E-state index contributed by atoms with van der Waals surface area (Å²) < 4.78 is 2.11. The van der Waals surface area contributed by atoms with Gasteiger partial charge in [0.1, 0.15) is 0 Å². The van der Waals surface area contributed by atoms with E-state index in [0.29, 0.717) is 16.8 Å². The third-order valence-electron chi connectivity index (χ3n) is 5.39. The number of aryl methyl sites for hydroxylation is 2. The molecule has 4 rings (SSSR count). The van der Waals surface area contributed by atoms with Crippen LogP contribution in [0.15, 0.2) is 65.8 Å². The van der Waals surface area contributed by atoms with E-state index in [0.717, 1.165) is 32.9 Å². The van der Waals surface area contributed by atoms with Crippen molar-refractivity contribution in [1.82, 2.24) is 4.57 Å². The molecule has 150 valence electrons. The highest BCUT2D eigenvalue weighted by atomic mass is 16.7. The third kappa shape index (κ3) is 3.39. The van der Waals surface area contributed by atoms with Gasteiger partial charge >= 0.3 is 5.97 Å². The SMILES string of the molecule is CC(=O)ON=C(C)c1ccc2c(c1)c1cc(C(=O)c3ccccc3C)ccc1n2C. The zero-order valence-electron chi connectivity index (χ0n) is 17.4. The van der Waals surface area contributed by atoms with Crippen LogP contribution in [0.3, 0.4) is 0 Å². The number of nitrogens with zero attached hydrogens (tertiary/aromatic N) is 2. The van der Waals surface area contributed by atoms with Crippen LogP contribution in [-0.4, -0.2) is 22.0 Å². The molecule has 0 fully saturated rings. The van der Waals surface area contributed by atoms with E-state index in [2.05, 4.69) is 9.72 Å². The van der Waals surface area contributed by atoms with Gasteiger partial charge in [0.05, 0.1) is 5.71 Å². The molecular formula is C25H22N2O3. The lowest BCUT2D eigenvalue weighted by molar-refractivity contribution is -0.140. The van der Waals surface area contributed by atoms with E-state index in [9.17, 15) is 9.59 Å². The van der Waals surface area contributed by atoms with Crippen molar-refractivity contribution in [3.8, 4) is 0 Å². The highest BCUT2D eigenvalue weighted by Gasteiger charge is 2.15. The smallest absolute Gasteiger partial charge is 0.331 e. The molecule has 0 aliphatic heterocycles. The third-order valence-corrected chi connectivity index (χ3v) is 5.39. The fourth-order valence-electron chi connectivity index (χ4n) is 3.75. The van der Waals surface area contributed by atoms with Gasteiger partial charge in [-0.1, -0.05) is 35.5 Å². The highest BCUT2D eigenvalue weighted by molar-refractivity contribution is 6.16. The molecule has 3 aromatic carbocycles. The number of rotatable bonds is 4. The van der Waals surface area contributed by atoms with Crippen molar-refractivity contribution < 1.29 is 14.4 Å². The molecule has 0 amide bonds. The molecule has 0 spiro atoms. The van der Waals surface area contributed by atoms with E-state index in [1.807, 2.05) is 74.6 Å². The number of carbonyl (C=O) groups is 2. The minimum absolute atomic E-state index is 0.00996. The van der Waals surface area contributed by atoms with Crippen molar-refractivity contribution in [2.24, 2.45) is 12.2 Å². The minimum Gasteiger partial charge on any atom is -0.344 e. The van der Waals surface area contributed by atoms with Gasteiger partial charge in [-0.15, -0.1) is 0 Å². The molecule has 0 aliphatic rings. The number of benzene rings is 3. The monoisotopic (exact) mass is 398 g/mol. The number of fused-ring (bicyclic) bond motifs is 3. The van der Waals surface area contributed by atoms with Gasteiger partial charge in [0.2, 0.25) is 0 Å². The molecule has 0 atom stereocenters. The first-order chi connectivity index (χ1) is 14.4. The molecule has 4 aromatic rings. The first-order valence-electron chi connectivity index (χ1n) is 9.72. The summed E-state index contributed by atoms with van der Waals surface area (Å²) in [5.74, 6) is -0.448. The van der Waals surface area contributed by atoms with Crippen LogP contribution in [0.1, 0.15) is 40.9 Å². The number of hydrogen-bond acceptors (Lipinski definition) is 4. The van der Waals surface area contributed by atoms with Crippen molar-refractivity contribution >= 4 is 39.3 Å². The predicted octanol–water partition coefficient (Wildman–Crippen LogP) is 5.16. The van der Waals surface area contributed by atoms with Gasteiger partial charge in [-0.25, -0.2) is 4.79 Å². The summed E-state index contributed by atoms with van der Waals surface area (Å²) >= 11 is 0. The van der Waals surface area contributed by atoms with Crippen LogP contribution in [0.4, 0.5) is 0 Å². The summed E-state index contributed by atoms with van der Waals surface area (Å²) in [5.41, 5.74) is 5.87. The Hall–Kier alpha value is -3.73. The lowest BCUT2D eigenvalue weighted by Crippen LogP contribution is -2.03. The molecule has 1 aromatic heterocycles.